The number of hydrogen-bond acceptors (Lipinski definition) is 4. The number of hydrogen-bond donors (Lipinski definition) is 1. The van der Waals surface area contributed by atoms with Gasteiger partial charge in [0.15, 0.2) is 0 Å². The van der Waals surface area contributed by atoms with Gasteiger partial charge in [0.2, 0.25) is 11.8 Å². The Balaban J connectivity index is 1.98. The Labute approximate surface area is 244 Å². The van der Waals surface area contributed by atoms with Crippen molar-refractivity contribution >= 4 is 55.1 Å². The van der Waals surface area contributed by atoms with Gasteiger partial charge in [-0.3, -0.25) is 13.9 Å². The number of nitrogens with one attached hydrogen (secondary N) is 1. The standard InChI is InChI=1S/C29H33BrClN3O4S/c1-4-5-18-32-29(36)22(3)33(19-23-8-10-24(30)11-9-23)28(35)20-34(26-14-12-25(31)13-15-26)39(37,38)27-16-6-21(2)7-17-27/h6-17,22H,4-5,18-20H2,1-3H3,(H,32,36)/t22-/m1/s1. The fourth-order valence-electron chi connectivity index (χ4n) is 3.88. The molecule has 0 saturated heterocycles. The SMILES string of the molecule is CCCCNC(=O)[C@@H](C)N(Cc1ccc(Br)cc1)C(=O)CN(c1ccc(Cl)cc1)S(=O)(=O)c1ccc(C)cc1. The number of carbonyl (C=O) groups is 2. The van der Waals surface area contributed by atoms with Crippen LogP contribution in [0.3, 0.4) is 0 Å². The summed E-state index contributed by atoms with van der Waals surface area (Å²) in [5, 5.41) is 3.32. The summed E-state index contributed by atoms with van der Waals surface area (Å²) in [5.41, 5.74) is 2.00. The maximum Gasteiger partial charge on any atom is 0.264 e. The Bertz CT molecular complexity index is 1370. The van der Waals surface area contributed by atoms with E-state index in [1.54, 1.807) is 43.3 Å². The van der Waals surface area contributed by atoms with Gasteiger partial charge in [0.25, 0.3) is 10.0 Å². The Hall–Kier alpha value is -2.88. The van der Waals surface area contributed by atoms with Crippen LogP contribution in [0, 0.1) is 6.92 Å². The Morgan fingerprint density at radius 2 is 1.59 bits per heavy atom. The van der Waals surface area contributed by atoms with E-state index in [0.717, 1.165) is 32.7 Å². The summed E-state index contributed by atoms with van der Waals surface area (Å²) in [7, 11) is -4.12. The summed E-state index contributed by atoms with van der Waals surface area (Å²) in [6, 6.07) is 19.3. The second-order valence-electron chi connectivity index (χ2n) is 9.27. The highest BCUT2D eigenvalue weighted by atomic mass is 79.9. The van der Waals surface area contributed by atoms with Crippen molar-refractivity contribution in [2.75, 3.05) is 17.4 Å². The number of aryl methyl sites for hydroxylation is 1. The van der Waals surface area contributed by atoms with E-state index in [0.29, 0.717) is 11.6 Å². The van der Waals surface area contributed by atoms with Crippen molar-refractivity contribution in [3.8, 4) is 0 Å². The molecule has 39 heavy (non-hydrogen) atoms. The van der Waals surface area contributed by atoms with Crippen LogP contribution in [0.25, 0.3) is 0 Å². The van der Waals surface area contributed by atoms with Crippen molar-refractivity contribution in [1.29, 1.82) is 0 Å². The highest BCUT2D eigenvalue weighted by molar-refractivity contribution is 9.10. The van der Waals surface area contributed by atoms with Gasteiger partial charge in [-0.15, -0.1) is 0 Å². The summed E-state index contributed by atoms with van der Waals surface area (Å²) >= 11 is 9.47. The van der Waals surface area contributed by atoms with Crippen LogP contribution in [0.4, 0.5) is 5.69 Å². The molecule has 1 N–H and O–H groups in total. The van der Waals surface area contributed by atoms with Gasteiger partial charge in [-0.2, -0.15) is 0 Å². The third-order valence-electron chi connectivity index (χ3n) is 6.27. The molecule has 1 atom stereocenters. The molecule has 0 saturated carbocycles. The lowest BCUT2D eigenvalue weighted by Gasteiger charge is -2.32. The molecule has 0 unspecified atom stereocenters. The van der Waals surface area contributed by atoms with E-state index in [1.807, 2.05) is 38.1 Å². The topological polar surface area (TPSA) is 86.8 Å². The zero-order chi connectivity index (χ0) is 28.6. The van der Waals surface area contributed by atoms with Crippen LogP contribution in [0.15, 0.2) is 82.2 Å². The molecule has 2 amide bonds. The van der Waals surface area contributed by atoms with Gasteiger partial charge < -0.3 is 10.2 Å². The van der Waals surface area contributed by atoms with Crippen molar-refractivity contribution < 1.29 is 18.0 Å². The first-order valence-corrected chi connectivity index (χ1v) is 15.3. The van der Waals surface area contributed by atoms with Crippen molar-refractivity contribution in [3.05, 3.63) is 93.4 Å². The van der Waals surface area contributed by atoms with Gasteiger partial charge in [0.05, 0.1) is 10.6 Å². The maximum absolute atomic E-state index is 13.9. The van der Waals surface area contributed by atoms with E-state index in [9.17, 15) is 18.0 Å². The van der Waals surface area contributed by atoms with E-state index in [4.69, 9.17) is 11.6 Å². The fraction of sp³-hybridized carbons (Fsp3) is 0.310. The van der Waals surface area contributed by atoms with Crippen LogP contribution in [-0.4, -0.2) is 44.3 Å². The number of benzene rings is 3. The second kappa shape index (κ2) is 14.0. The van der Waals surface area contributed by atoms with Crippen LogP contribution in [0.2, 0.25) is 5.02 Å². The molecule has 3 aromatic rings. The van der Waals surface area contributed by atoms with Crippen molar-refractivity contribution in [3.63, 3.8) is 0 Å². The van der Waals surface area contributed by atoms with E-state index < -0.39 is 28.5 Å². The van der Waals surface area contributed by atoms with Crippen LogP contribution in [0.1, 0.15) is 37.8 Å². The van der Waals surface area contributed by atoms with Gasteiger partial charge in [-0.05, 0) is 74.4 Å². The highest BCUT2D eigenvalue weighted by Gasteiger charge is 2.32. The van der Waals surface area contributed by atoms with Crippen LogP contribution in [0.5, 0.6) is 0 Å². The molecule has 0 aliphatic rings. The molecule has 10 heteroatoms. The first-order chi connectivity index (χ1) is 18.5. The summed E-state index contributed by atoms with van der Waals surface area (Å²) < 4.78 is 29.5. The molecule has 0 spiro atoms. The molecule has 3 rings (SSSR count). The van der Waals surface area contributed by atoms with Crippen LogP contribution >= 0.6 is 27.5 Å². The summed E-state index contributed by atoms with van der Waals surface area (Å²) in [6.07, 6.45) is 1.74. The van der Waals surface area contributed by atoms with Gasteiger partial charge in [0, 0.05) is 22.6 Å². The molecule has 0 aliphatic carbocycles. The van der Waals surface area contributed by atoms with Gasteiger partial charge in [0.1, 0.15) is 12.6 Å². The molecular formula is C29H33BrClN3O4S. The average Bonchev–Trinajstić information content (AvgIpc) is 2.91. The molecule has 0 aliphatic heterocycles. The minimum absolute atomic E-state index is 0.0562. The summed E-state index contributed by atoms with van der Waals surface area (Å²) in [5.74, 6) is -0.810. The average molecular weight is 635 g/mol. The number of amides is 2. The number of anilines is 1. The van der Waals surface area contributed by atoms with Gasteiger partial charge in [-0.25, -0.2) is 8.42 Å². The largest absolute Gasteiger partial charge is 0.354 e. The lowest BCUT2D eigenvalue weighted by Crippen LogP contribution is -2.51. The van der Waals surface area contributed by atoms with E-state index in [2.05, 4.69) is 21.2 Å². The van der Waals surface area contributed by atoms with Gasteiger partial charge in [-0.1, -0.05) is 70.7 Å². The minimum Gasteiger partial charge on any atom is -0.354 e. The second-order valence-corrected chi connectivity index (χ2v) is 12.5. The number of unbranched alkanes of at least 4 members (excludes halogenated alkanes) is 1. The van der Waals surface area contributed by atoms with Crippen molar-refractivity contribution in [2.45, 2.75) is 51.1 Å². The van der Waals surface area contributed by atoms with E-state index in [1.165, 1.54) is 17.0 Å². The molecule has 0 bridgehead atoms. The lowest BCUT2D eigenvalue weighted by molar-refractivity contribution is -0.139. The number of rotatable bonds is 12. The van der Waals surface area contributed by atoms with Crippen molar-refractivity contribution in [1.82, 2.24) is 10.2 Å². The van der Waals surface area contributed by atoms with E-state index >= 15 is 0 Å². The fourth-order valence-corrected chi connectivity index (χ4v) is 5.68. The Morgan fingerprint density at radius 1 is 0.974 bits per heavy atom. The first kappa shape index (κ1) is 30.7. The zero-order valence-electron chi connectivity index (χ0n) is 22.2. The normalized spacial score (nSPS) is 12.0. The van der Waals surface area contributed by atoms with E-state index in [-0.39, 0.29) is 23.0 Å². The third-order valence-corrected chi connectivity index (χ3v) is 8.83. The Kier molecular flexibility index (Phi) is 11.0. The number of halogens is 2. The molecule has 7 nitrogen and oxygen atoms in total. The zero-order valence-corrected chi connectivity index (χ0v) is 25.4. The molecule has 0 radical (unpaired) electrons. The van der Waals surface area contributed by atoms with Crippen molar-refractivity contribution in [2.24, 2.45) is 0 Å². The molecule has 0 heterocycles. The number of sulfonamides is 1. The lowest BCUT2D eigenvalue weighted by atomic mass is 10.1. The molecule has 0 fully saturated rings. The van der Waals surface area contributed by atoms with Gasteiger partial charge >= 0.3 is 0 Å². The number of carbonyl (C=O) groups excluding carboxylic acids is 2. The Morgan fingerprint density at radius 3 is 2.18 bits per heavy atom. The number of nitrogens with zero attached hydrogens (tertiary/aromatic N) is 2. The summed E-state index contributed by atoms with van der Waals surface area (Å²) in [6.45, 7) is 5.68. The minimum atomic E-state index is -4.12. The van der Waals surface area contributed by atoms with Crippen LogP contribution in [-0.2, 0) is 26.2 Å². The third kappa shape index (κ3) is 8.30. The maximum atomic E-state index is 13.9. The van der Waals surface area contributed by atoms with Crippen LogP contribution < -0.4 is 9.62 Å². The summed E-state index contributed by atoms with van der Waals surface area (Å²) in [4.78, 5) is 28.3. The predicted molar refractivity (Wildman–Crippen MR) is 159 cm³/mol. The smallest absolute Gasteiger partial charge is 0.264 e. The monoisotopic (exact) mass is 633 g/mol. The molecule has 0 aromatic heterocycles. The molecular weight excluding hydrogens is 602 g/mol. The molecule has 3 aromatic carbocycles. The molecule has 208 valence electrons. The quantitative estimate of drug-likeness (QED) is 0.250. The first-order valence-electron chi connectivity index (χ1n) is 12.7. The predicted octanol–water partition coefficient (Wildman–Crippen LogP) is 5.94. The highest BCUT2D eigenvalue weighted by Crippen LogP contribution is 2.26.